The van der Waals surface area contributed by atoms with Gasteiger partial charge in [0.2, 0.25) is 5.91 Å². The summed E-state index contributed by atoms with van der Waals surface area (Å²) in [5.41, 5.74) is 5.90. The zero-order valence-electron chi connectivity index (χ0n) is 7.79. The third-order valence-electron chi connectivity index (χ3n) is 1.52. The van der Waals surface area contributed by atoms with Gasteiger partial charge in [0, 0.05) is 5.56 Å². The SMILES string of the molecule is NC(=O)CNCC#Cc1ccccc1. The third kappa shape index (κ3) is 4.29. The normalized spacial score (nSPS) is 8.86. The van der Waals surface area contributed by atoms with Crippen LogP contribution in [-0.4, -0.2) is 19.0 Å². The smallest absolute Gasteiger partial charge is 0.231 e. The van der Waals surface area contributed by atoms with Crippen molar-refractivity contribution in [3.63, 3.8) is 0 Å². The van der Waals surface area contributed by atoms with E-state index in [2.05, 4.69) is 17.2 Å². The average molecular weight is 188 g/mol. The van der Waals surface area contributed by atoms with Crippen LogP contribution in [0, 0.1) is 11.8 Å². The van der Waals surface area contributed by atoms with Crippen LogP contribution in [0.2, 0.25) is 0 Å². The van der Waals surface area contributed by atoms with E-state index in [9.17, 15) is 4.79 Å². The van der Waals surface area contributed by atoms with Gasteiger partial charge in [-0.05, 0) is 12.1 Å². The Morgan fingerprint density at radius 3 is 2.71 bits per heavy atom. The molecule has 0 atom stereocenters. The Morgan fingerprint density at radius 1 is 1.36 bits per heavy atom. The van der Waals surface area contributed by atoms with Crippen LogP contribution >= 0.6 is 0 Å². The number of carbonyl (C=O) groups excluding carboxylic acids is 1. The highest BCUT2D eigenvalue weighted by molar-refractivity contribution is 5.75. The highest BCUT2D eigenvalue weighted by atomic mass is 16.1. The monoisotopic (exact) mass is 188 g/mol. The lowest BCUT2D eigenvalue weighted by molar-refractivity contribution is -0.117. The van der Waals surface area contributed by atoms with Gasteiger partial charge in [0.1, 0.15) is 0 Å². The molecule has 0 aliphatic heterocycles. The van der Waals surface area contributed by atoms with Crippen molar-refractivity contribution >= 4 is 5.91 Å². The maximum Gasteiger partial charge on any atom is 0.231 e. The molecule has 72 valence electrons. The van der Waals surface area contributed by atoms with Crippen LogP contribution < -0.4 is 11.1 Å². The first-order chi connectivity index (χ1) is 6.79. The molecule has 1 rings (SSSR count). The van der Waals surface area contributed by atoms with E-state index >= 15 is 0 Å². The molecule has 3 N–H and O–H groups in total. The summed E-state index contributed by atoms with van der Waals surface area (Å²) in [6.45, 7) is 0.640. The summed E-state index contributed by atoms with van der Waals surface area (Å²) in [6.07, 6.45) is 0. The number of hydrogen-bond donors (Lipinski definition) is 2. The van der Waals surface area contributed by atoms with Crippen LogP contribution in [0.25, 0.3) is 0 Å². The molecular weight excluding hydrogens is 176 g/mol. The molecule has 0 aliphatic rings. The molecule has 0 heterocycles. The van der Waals surface area contributed by atoms with Gasteiger partial charge < -0.3 is 5.73 Å². The minimum absolute atomic E-state index is 0.170. The van der Waals surface area contributed by atoms with Crippen molar-refractivity contribution in [2.75, 3.05) is 13.1 Å². The van der Waals surface area contributed by atoms with Gasteiger partial charge in [0.25, 0.3) is 0 Å². The molecule has 0 spiro atoms. The quantitative estimate of drug-likeness (QED) is 0.522. The van der Waals surface area contributed by atoms with Crippen LogP contribution in [0.4, 0.5) is 0 Å². The van der Waals surface area contributed by atoms with Gasteiger partial charge in [0.05, 0.1) is 13.1 Å². The second kappa shape index (κ2) is 5.79. The lowest BCUT2D eigenvalue weighted by Gasteiger charge is -1.93. The first-order valence-electron chi connectivity index (χ1n) is 4.32. The summed E-state index contributed by atoms with van der Waals surface area (Å²) in [5, 5.41) is 2.81. The van der Waals surface area contributed by atoms with Crippen LogP contribution in [0.1, 0.15) is 5.56 Å². The molecule has 1 aromatic rings. The van der Waals surface area contributed by atoms with Crippen molar-refractivity contribution in [3.8, 4) is 11.8 Å². The van der Waals surface area contributed by atoms with E-state index in [4.69, 9.17) is 5.73 Å². The third-order valence-corrected chi connectivity index (χ3v) is 1.52. The lowest BCUT2D eigenvalue weighted by Crippen LogP contribution is -2.28. The molecule has 0 aromatic heterocycles. The number of nitrogens with two attached hydrogens (primary N) is 1. The van der Waals surface area contributed by atoms with E-state index in [1.807, 2.05) is 30.3 Å². The fourth-order valence-electron chi connectivity index (χ4n) is 0.916. The Morgan fingerprint density at radius 2 is 2.07 bits per heavy atom. The topological polar surface area (TPSA) is 55.1 Å². The molecule has 3 nitrogen and oxygen atoms in total. The summed E-state index contributed by atoms with van der Waals surface area (Å²) in [7, 11) is 0. The van der Waals surface area contributed by atoms with Gasteiger partial charge in [-0.2, -0.15) is 0 Å². The number of primary amides is 1. The molecule has 0 fully saturated rings. The molecule has 14 heavy (non-hydrogen) atoms. The van der Waals surface area contributed by atoms with Gasteiger partial charge in [-0.15, -0.1) is 0 Å². The van der Waals surface area contributed by atoms with Crippen LogP contribution in [0.3, 0.4) is 0 Å². The Balaban J connectivity index is 2.31. The lowest BCUT2D eigenvalue weighted by atomic mass is 10.2. The van der Waals surface area contributed by atoms with Crippen molar-refractivity contribution in [2.24, 2.45) is 5.73 Å². The van der Waals surface area contributed by atoms with Crippen LogP contribution in [-0.2, 0) is 4.79 Å². The first kappa shape index (κ1) is 10.3. The van der Waals surface area contributed by atoms with Crippen molar-refractivity contribution in [2.45, 2.75) is 0 Å². The number of carbonyl (C=O) groups is 1. The van der Waals surface area contributed by atoms with E-state index in [-0.39, 0.29) is 12.5 Å². The molecular formula is C11H12N2O. The zero-order chi connectivity index (χ0) is 10.2. The van der Waals surface area contributed by atoms with Crippen LogP contribution in [0.5, 0.6) is 0 Å². The van der Waals surface area contributed by atoms with Gasteiger partial charge in [-0.25, -0.2) is 0 Å². The number of rotatable bonds is 3. The molecule has 0 unspecified atom stereocenters. The van der Waals surface area contributed by atoms with Crippen molar-refractivity contribution in [1.82, 2.24) is 5.32 Å². The highest BCUT2D eigenvalue weighted by Gasteiger charge is 1.88. The van der Waals surface area contributed by atoms with Crippen molar-refractivity contribution < 1.29 is 4.79 Å². The Kier molecular flexibility index (Phi) is 4.25. The Hall–Kier alpha value is -1.79. The van der Waals surface area contributed by atoms with E-state index in [1.165, 1.54) is 0 Å². The predicted octanol–water partition coefficient (Wildman–Crippen LogP) is 0.113. The zero-order valence-corrected chi connectivity index (χ0v) is 7.79. The summed E-state index contributed by atoms with van der Waals surface area (Å²) < 4.78 is 0. The molecule has 0 radical (unpaired) electrons. The van der Waals surface area contributed by atoms with Crippen molar-refractivity contribution in [1.29, 1.82) is 0 Å². The maximum atomic E-state index is 10.3. The molecule has 0 bridgehead atoms. The van der Waals surface area contributed by atoms with E-state index in [0.29, 0.717) is 6.54 Å². The van der Waals surface area contributed by atoms with Gasteiger partial charge in [-0.1, -0.05) is 30.0 Å². The molecule has 0 aliphatic carbocycles. The molecule has 3 heteroatoms. The number of amides is 1. The fourth-order valence-corrected chi connectivity index (χ4v) is 0.916. The molecule has 0 saturated carbocycles. The minimum Gasteiger partial charge on any atom is -0.369 e. The van der Waals surface area contributed by atoms with E-state index in [0.717, 1.165) is 5.56 Å². The van der Waals surface area contributed by atoms with Gasteiger partial charge >= 0.3 is 0 Å². The second-order valence-electron chi connectivity index (χ2n) is 2.74. The summed E-state index contributed by atoms with van der Waals surface area (Å²) in [5.74, 6) is 5.47. The Bertz CT molecular complexity index is 349. The van der Waals surface area contributed by atoms with E-state index < -0.39 is 0 Å². The number of hydrogen-bond acceptors (Lipinski definition) is 2. The molecule has 0 saturated heterocycles. The first-order valence-corrected chi connectivity index (χ1v) is 4.32. The van der Waals surface area contributed by atoms with Crippen molar-refractivity contribution in [3.05, 3.63) is 35.9 Å². The molecule has 1 amide bonds. The van der Waals surface area contributed by atoms with E-state index in [1.54, 1.807) is 0 Å². The van der Waals surface area contributed by atoms with Gasteiger partial charge in [-0.3, -0.25) is 10.1 Å². The number of nitrogens with one attached hydrogen (secondary N) is 1. The second-order valence-corrected chi connectivity index (χ2v) is 2.74. The van der Waals surface area contributed by atoms with Gasteiger partial charge in [0.15, 0.2) is 0 Å². The standard InChI is InChI=1S/C11H12N2O/c12-11(14)9-13-8-4-7-10-5-2-1-3-6-10/h1-3,5-6,13H,8-9H2,(H2,12,14). The number of benzene rings is 1. The summed E-state index contributed by atoms with van der Waals surface area (Å²) >= 11 is 0. The highest BCUT2D eigenvalue weighted by Crippen LogP contribution is 1.93. The maximum absolute atomic E-state index is 10.3. The minimum atomic E-state index is -0.369. The van der Waals surface area contributed by atoms with Crippen LogP contribution in [0.15, 0.2) is 30.3 Å². The predicted molar refractivity (Wildman–Crippen MR) is 55.4 cm³/mol. The largest absolute Gasteiger partial charge is 0.369 e. The average Bonchev–Trinajstić information content (AvgIpc) is 2.18. The fraction of sp³-hybridized carbons (Fsp3) is 0.182. The molecule has 1 aromatic carbocycles. The Labute approximate surface area is 83.3 Å². The summed E-state index contributed by atoms with van der Waals surface area (Å²) in [4.78, 5) is 10.3. The summed E-state index contributed by atoms with van der Waals surface area (Å²) in [6, 6.07) is 9.67.